The monoisotopic (exact) mass is 549 g/mol. The lowest BCUT2D eigenvalue weighted by Gasteiger charge is -2.27. The molecule has 3 rings (SSSR count). The molecule has 0 saturated heterocycles. The van der Waals surface area contributed by atoms with E-state index >= 15 is 0 Å². The van der Waals surface area contributed by atoms with Gasteiger partial charge in [-0.2, -0.15) is 0 Å². The Labute approximate surface area is 240 Å². The second-order valence-electron chi connectivity index (χ2n) is 10.5. The summed E-state index contributed by atoms with van der Waals surface area (Å²) < 4.78 is 6.00. The number of hydrogen-bond donors (Lipinski definition) is 2. The van der Waals surface area contributed by atoms with Crippen molar-refractivity contribution in [1.29, 1.82) is 0 Å². The van der Waals surface area contributed by atoms with Gasteiger partial charge in [-0.3, -0.25) is 9.59 Å². The Kier molecular flexibility index (Phi) is 13.3. The van der Waals surface area contributed by atoms with Crippen molar-refractivity contribution in [2.45, 2.75) is 84.6 Å². The highest BCUT2D eigenvalue weighted by molar-refractivity contribution is 5.95. The van der Waals surface area contributed by atoms with Crippen LogP contribution >= 0.6 is 0 Å². The molecule has 0 spiro atoms. The number of anilines is 1. The number of unbranched alkanes of at least 4 members (excludes halogenated alkanes) is 6. The van der Waals surface area contributed by atoms with E-state index in [4.69, 9.17) is 10.5 Å². The predicted octanol–water partition coefficient (Wildman–Crippen LogP) is 6.24. The van der Waals surface area contributed by atoms with Crippen LogP contribution in [0.25, 0.3) is 0 Å². The summed E-state index contributed by atoms with van der Waals surface area (Å²) in [6, 6.07) is 15.1. The van der Waals surface area contributed by atoms with E-state index in [2.05, 4.69) is 29.1 Å². The normalized spacial score (nSPS) is 12.4. The van der Waals surface area contributed by atoms with Gasteiger partial charge in [-0.05, 0) is 49.6 Å². The summed E-state index contributed by atoms with van der Waals surface area (Å²) in [5, 5.41) is 2.88. The number of rotatable bonds is 18. The number of nitrogens with one attached hydrogen (secondary N) is 1. The van der Waals surface area contributed by atoms with Crippen molar-refractivity contribution < 1.29 is 14.3 Å². The van der Waals surface area contributed by atoms with E-state index in [1.165, 1.54) is 38.5 Å². The Balaban J connectivity index is 1.46. The molecule has 0 fully saturated rings. The van der Waals surface area contributed by atoms with Gasteiger partial charge in [-0.25, -0.2) is 4.99 Å². The number of ether oxygens (including phenoxy) is 1. The summed E-state index contributed by atoms with van der Waals surface area (Å²) in [5.74, 6) is 1.12. The molecule has 0 radical (unpaired) electrons. The molecule has 0 atom stereocenters. The SMILES string of the molecule is CCCCCCN(CCCCCC)C(=O)CCCOc1ccc2c(c1)CN(CC(=O)Nc1ccccc1)C(N)=N2. The Morgan fingerprint density at radius 1 is 0.950 bits per heavy atom. The lowest BCUT2D eigenvalue weighted by molar-refractivity contribution is -0.131. The van der Waals surface area contributed by atoms with Crippen LogP contribution in [-0.2, 0) is 16.1 Å². The van der Waals surface area contributed by atoms with Gasteiger partial charge in [0, 0.05) is 37.3 Å². The highest BCUT2D eigenvalue weighted by Gasteiger charge is 2.21. The number of nitrogens with two attached hydrogens (primary N) is 1. The lowest BCUT2D eigenvalue weighted by atomic mass is 10.1. The van der Waals surface area contributed by atoms with Crippen LogP contribution in [0.1, 0.15) is 83.6 Å². The number of carbonyl (C=O) groups excluding carboxylic acids is 2. The van der Waals surface area contributed by atoms with E-state index in [-0.39, 0.29) is 18.4 Å². The Morgan fingerprint density at radius 2 is 1.65 bits per heavy atom. The highest BCUT2D eigenvalue weighted by atomic mass is 16.5. The van der Waals surface area contributed by atoms with Crippen LogP contribution in [0.2, 0.25) is 0 Å². The van der Waals surface area contributed by atoms with Crippen molar-refractivity contribution in [2.75, 3.05) is 31.6 Å². The molecular formula is C32H47N5O3. The van der Waals surface area contributed by atoms with Gasteiger partial charge >= 0.3 is 0 Å². The molecule has 40 heavy (non-hydrogen) atoms. The van der Waals surface area contributed by atoms with Crippen LogP contribution in [0.15, 0.2) is 53.5 Å². The van der Waals surface area contributed by atoms with Gasteiger partial charge in [0.05, 0.1) is 12.3 Å². The zero-order valence-electron chi connectivity index (χ0n) is 24.4. The fraction of sp³-hybridized carbons (Fsp3) is 0.531. The fourth-order valence-corrected chi connectivity index (χ4v) is 4.79. The third-order valence-electron chi connectivity index (χ3n) is 7.08. The van der Waals surface area contributed by atoms with Crippen LogP contribution in [0.4, 0.5) is 11.4 Å². The molecule has 0 aliphatic carbocycles. The lowest BCUT2D eigenvalue weighted by Crippen LogP contribution is -2.43. The third-order valence-corrected chi connectivity index (χ3v) is 7.08. The summed E-state index contributed by atoms with van der Waals surface area (Å²) >= 11 is 0. The number of guanidine groups is 1. The second kappa shape index (κ2) is 17.2. The molecular weight excluding hydrogens is 502 g/mol. The van der Waals surface area contributed by atoms with Crippen molar-refractivity contribution in [3.05, 3.63) is 54.1 Å². The topological polar surface area (TPSA) is 100 Å². The summed E-state index contributed by atoms with van der Waals surface area (Å²) in [6.07, 6.45) is 10.5. The van der Waals surface area contributed by atoms with Gasteiger partial charge in [0.1, 0.15) is 12.3 Å². The first kappa shape index (κ1) is 31.0. The third kappa shape index (κ3) is 10.5. The minimum absolute atomic E-state index is 0.101. The minimum Gasteiger partial charge on any atom is -0.494 e. The minimum atomic E-state index is -0.158. The number of aliphatic imine (C=N–C) groups is 1. The maximum atomic E-state index is 12.9. The van der Waals surface area contributed by atoms with E-state index in [1.807, 2.05) is 48.5 Å². The Bertz CT molecular complexity index is 1080. The van der Waals surface area contributed by atoms with Crippen LogP contribution in [0.5, 0.6) is 5.75 Å². The maximum Gasteiger partial charge on any atom is 0.244 e. The van der Waals surface area contributed by atoms with Gasteiger partial charge in [0.2, 0.25) is 11.8 Å². The summed E-state index contributed by atoms with van der Waals surface area (Å²) in [7, 11) is 0. The quantitative estimate of drug-likeness (QED) is 0.215. The first-order chi connectivity index (χ1) is 19.5. The van der Waals surface area contributed by atoms with Crippen molar-refractivity contribution in [3.63, 3.8) is 0 Å². The molecule has 2 aromatic carbocycles. The van der Waals surface area contributed by atoms with Crippen LogP contribution in [0, 0.1) is 0 Å². The zero-order valence-corrected chi connectivity index (χ0v) is 24.4. The maximum absolute atomic E-state index is 12.9. The molecule has 0 unspecified atom stereocenters. The van der Waals surface area contributed by atoms with Gasteiger partial charge in [0.15, 0.2) is 5.96 Å². The first-order valence-electron chi connectivity index (χ1n) is 15.0. The molecule has 0 aromatic heterocycles. The summed E-state index contributed by atoms with van der Waals surface area (Å²) in [5.41, 5.74) is 8.61. The van der Waals surface area contributed by atoms with Crippen LogP contribution in [-0.4, -0.2) is 53.8 Å². The molecule has 3 N–H and O–H groups in total. The fourth-order valence-electron chi connectivity index (χ4n) is 4.79. The summed E-state index contributed by atoms with van der Waals surface area (Å²) in [6.45, 7) is 7.18. The van der Waals surface area contributed by atoms with Crippen LogP contribution < -0.4 is 15.8 Å². The van der Waals surface area contributed by atoms with Crippen LogP contribution in [0.3, 0.4) is 0 Å². The average Bonchev–Trinajstić information content (AvgIpc) is 2.95. The number of fused-ring (bicyclic) bond motifs is 1. The number of amides is 2. The molecule has 2 aromatic rings. The van der Waals surface area contributed by atoms with E-state index < -0.39 is 0 Å². The molecule has 1 aliphatic heterocycles. The van der Waals surface area contributed by atoms with Gasteiger partial charge in [-0.15, -0.1) is 0 Å². The number of nitrogens with zero attached hydrogens (tertiary/aromatic N) is 3. The smallest absolute Gasteiger partial charge is 0.244 e. The molecule has 8 heteroatoms. The first-order valence-corrected chi connectivity index (χ1v) is 15.0. The molecule has 1 aliphatic rings. The molecule has 8 nitrogen and oxygen atoms in total. The van der Waals surface area contributed by atoms with E-state index in [0.717, 1.165) is 48.6 Å². The highest BCUT2D eigenvalue weighted by Crippen LogP contribution is 2.29. The van der Waals surface area contributed by atoms with E-state index in [9.17, 15) is 9.59 Å². The number of hydrogen-bond acceptors (Lipinski definition) is 6. The van der Waals surface area contributed by atoms with Gasteiger partial charge < -0.3 is 25.6 Å². The number of benzene rings is 2. The number of para-hydroxylation sites is 1. The van der Waals surface area contributed by atoms with Crippen molar-refractivity contribution in [3.8, 4) is 5.75 Å². The van der Waals surface area contributed by atoms with Gasteiger partial charge in [0.25, 0.3) is 0 Å². The molecule has 0 saturated carbocycles. The van der Waals surface area contributed by atoms with Gasteiger partial charge in [-0.1, -0.05) is 70.6 Å². The standard InChI is InChI=1S/C32H47N5O3/c1-3-5-7-12-20-36(21-13-8-6-4-2)31(39)17-14-22-40-28-18-19-29-26(23-28)24-37(32(33)35-29)25-30(38)34-27-15-10-9-11-16-27/h9-11,15-16,18-19,23H,3-8,12-14,17,20-22,24-25H2,1-2H3,(H2,33,35)(H,34,38). The predicted molar refractivity (Wildman–Crippen MR) is 163 cm³/mol. The average molecular weight is 550 g/mol. The molecule has 2 amide bonds. The van der Waals surface area contributed by atoms with Crippen molar-refractivity contribution in [1.82, 2.24) is 9.80 Å². The van der Waals surface area contributed by atoms with E-state index in [0.29, 0.717) is 32.0 Å². The molecule has 0 bridgehead atoms. The molecule has 1 heterocycles. The summed E-state index contributed by atoms with van der Waals surface area (Å²) in [4.78, 5) is 33.8. The molecule has 218 valence electrons. The second-order valence-corrected chi connectivity index (χ2v) is 10.5. The number of carbonyl (C=O) groups is 2. The van der Waals surface area contributed by atoms with E-state index in [1.54, 1.807) is 4.90 Å². The Hall–Kier alpha value is -3.55. The van der Waals surface area contributed by atoms with Crippen molar-refractivity contribution >= 4 is 29.1 Å². The van der Waals surface area contributed by atoms with Crippen molar-refractivity contribution in [2.24, 2.45) is 10.7 Å². The largest absolute Gasteiger partial charge is 0.494 e. The Morgan fingerprint density at radius 3 is 2.33 bits per heavy atom. The zero-order chi connectivity index (χ0) is 28.6.